The lowest BCUT2D eigenvalue weighted by Crippen LogP contribution is -2.46. The lowest BCUT2D eigenvalue weighted by atomic mass is 9.81. The summed E-state index contributed by atoms with van der Waals surface area (Å²) in [6, 6.07) is 0. The summed E-state index contributed by atoms with van der Waals surface area (Å²) in [6.07, 6.45) is -0.443. The van der Waals surface area contributed by atoms with Crippen LogP contribution in [0.4, 0.5) is 0 Å². The van der Waals surface area contributed by atoms with E-state index in [9.17, 15) is 13.2 Å². The number of rotatable bonds is 1. The molecule has 2 bridgehead atoms. The molecule has 0 aromatic heterocycles. The monoisotopic (exact) mass is 218 g/mol. The van der Waals surface area contributed by atoms with Gasteiger partial charge in [-0.1, -0.05) is 6.92 Å². The average molecular weight is 218 g/mol. The van der Waals surface area contributed by atoms with Crippen LogP contribution in [-0.4, -0.2) is 37.8 Å². The molecule has 0 aliphatic carbocycles. The maximum Gasteiger partial charge on any atom is 0.283 e. The van der Waals surface area contributed by atoms with Gasteiger partial charge in [-0.15, -0.1) is 0 Å². The number of hydrogen-bond acceptors (Lipinski definition) is 5. The first-order valence-corrected chi connectivity index (χ1v) is 5.97. The number of ether oxygens (including phenoxy) is 1. The first kappa shape index (κ1) is 8.82. The number of carbonyl (C=O) groups is 1. The van der Waals surface area contributed by atoms with Crippen molar-refractivity contribution < 1.29 is 22.1 Å². The van der Waals surface area contributed by atoms with Gasteiger partial charge in [-0.25, -0.2) is 0 Å². The van der Waals surface area contributed by atoms with E-state index >= 15 is 0 Å². The summed E-state index contributed by atoms with van der Waals surface area (Å²) in [5, 5.41) is 0. The average Bonchev–Trinajstić information content (AvgIpc) is 2.67. The van der Waals surface area contributed by atoms with Crippen molar-refractivity contribution in [1.29, 1.82) is 0 Å². The minimum Gasteiger partial charge on any atom is -0.370 e. The summed E-state index contributed by atoms with van der Waals surface area (Å²) in [7, 11) is -3.77. The summed E-state index contributed by atoms with van der Waals surface area (Å²) in [5.74, 6) is 0.0605. The first-order valence-electron chi connectivity index (χ1n) is 4.56. The number of hydrogen-bond donors (Lipinski definition) is 0. The second kappa shape index (κ2) is 2.20. The van der Waals surface area contributed by atoms with E-state index in [0.717, 1.165) is 0 Å². The molecule has 78 valence electrons. The smallest absolute Gasteiger partial charge is 0.283 e. The zero-order chi connectivity index (χ0) is 10.1. The van der Waals surface area contributed by atoms with Crippen LogP contribution in [0.2, 0.25) is 0 Å². The Hall–Kier alpha value is -0.460. The highest BCUT2D eigenvalue weighted by Crippen LogP contribution is 2.55. The number of aldehydes is 1. The van der Waals surface area contributed by atoms with E-state index < -0.39 is 27.1 Å². The van der Waals surface area contributed by atoms with Gasteiger partial charge in [0.25, 0.3) is 10.1 Å². The minimum absolute atomic E-state index is 0.0605. The highest BCUT2D eigenvalue weighted by Gasteiger charge is 2.73. The van der Waals surface area contributed by atoms with Gasteiger partial charge in [-0.2, -0.15) is 8.42 Å². The Kier molecular flexibility index (Phi) is 1.39. The van der Waals surface area contributed by atoms with E-state index in [0.29, 0.717) is 6.29 Å². The molecule has 14 heavy (non-hydrogen) atoms. The van der Waals surface area contributed by atoms with Gasteiger partial charge in [0.15, 0.2) is 4.75 Å². The molecule has 0 aromatic rings. The van der Waals surface area contributed by atoms with E-state index in [2.05, 4.69) is 0 Å². The van der Waals surface area contributed by atoms with Crippen molar-refractivity contribution in [3.8, 4) is 0 Å². The van der Waals surface area contributed by atoms with Crippen LogP contribution in [0.5, 0.6) is 0 Å². The van der Waals surface area contributed by atoms with E-state index in [1.54, 1.807) is 0 Å². The highest BCUT2D eigenvalue weighted by molar-refractivity contribution is 7.89. The van der Waals surface area contributed by atoms with Crippen molar-refractivity contribution in [1.82, 2.24) is 0 Å². The maximum atomic E-state index is 11.6. The summed E-state index contributed by atoms with van der Waals surface area (Å²) < 4.78 is 32.3. The molecule has 3 aliphatic heterocycles. The SMILES string of the molecule is CC1C2CC3(C=O)C(O2)C1OS3(=O)=O. The lowest BCUT2D eigenvalue weighted by molar-refractivity contribution is -0.111. The van der Waals surface area contributed by atoms with Crippen LogP contribution in [0, 0.1) is 5.92 Å². The Balaban J connectivity index is 2.21. The molecule has 3 fully saturated rings. The standard InChI is InChI=1S/C8H10O5S/c1-4-5-2-8(3-9)7(12-5)6(4)13-14(8,10)11/h3-7H,2H2,1H3. The van der Waals surface area contributed by atoms with Gasteiger partial charge in [-0.3, -0.25) is 4.18 Å². The van der Waals surface area contributed by atoms with Crippen molar-refractivity contribution in [3.63, 3.8) is 0 Å². The van der Waals surface area contributed by atoms with Gasteiger partial charge in [0.2, 0.25) is 0 Å². The van der Waals surface area contributed by atoms with Crippen LogP contribution in [0.1, 0.15) is 13.3 Å². The molecule has 0 spiro atoms. The molecule has 3 heterocycles. The zero-order valence-corrected chi connectivity index (χ0v) is 8.36. The van der Waals surface area contributed by atoms with Gasteiger partial charge in [0.1, 0.15) is 18.5 Å². The highest BCUT2D eigenvalue weighted by atomic mass is 32.2. The zero-order valence-electron chi connectivity index (χ0n) is 7.54. The molecule has 5 atom stereocenters. The fraction of sp³-hybridized carbons (Fsp3) is 0.875. The predicted octanol–water partition coefficient (Wildman–Crippen LogP) is -0.540. The predicted molar refractivity (Wildman–Crippen MR) is 45.0 cm³/mol. The first-order chi connectivity index (χ1) is 6.52. The molecule has 3 rings (SSSR count). The summed E-state index contributed by atoms with van der Waals surface area (Å²) in [6.45, 7) is 1.89. The summed E-state index contributed by atoms with van der Waals surface area (Å²) in [5.41, 5.74) is 0. The third-order valence-electron chi connectivity index (χ3n) is 3.63. The fourth-order valence-corrected chi connectivity index (χ4v) is 4.44. The van der Waals surface area contributed by atoms with Crippen LogP contribution < -0.4 is 0 Å². The molecule has 0 amide bonds. The van der Waals surface area contributed by atoms with Crippen LogP contribution >= 0.6 is 0 Å². The van der Waals surface area contributed by atoms with Gasteiger partial charge in [0.05, 0.1) is 6.10 Å². The van der Waals surface area contributed by atoms with Gasteiger partial charge in [0, 0.05) is 12.3 Å². The Morgan fingerprint density at radius 1 is 1.50 bits per heavy atom. The molecule has 5 unspecified atom stereocenters. The molecular weight excluding hydrogens is 208 g/mol. The molecule has 6 heteroatoms. The summed E-state index contributed by atoms with van der Waals surface area (Å²) >= 11 is 0. The topological polar surface area (TPSA) is 69.7 Å². The van der Waals surface area contributed by atoms with Gasteiger partial charge in [-0.05, 0) is 0 Å². The number of carbonyl (C=O) groups excluding carboxylic acids is 1. The Bertz CT molecular complexity index is 402. The van der Waals surface area contributed by atoms with Crippen LogP contribution in [0.25, 0.3) is 0 Å². The van der Waals surface area contributed by atoms with Gasteiger partial charge < -0.3 is 9.53 Å². The second-order valence-electron chi connectivity index (χ2n) is 4.25. The molecular formula is C8H10O5S. The third-order valence-corrected chi connectivity index (χ3v) is 5.53. The van der Waals surface area contributed by atoms with E-state index in [-0.39, 0.29) is 18.4 Å². The van der Waals surface area contributed by atoms with E-state index in [1.807, 2.05) is 6.92 Å². The van der Waals surface area contributed by atoms with Crippen LogP contribution in [-0.2, 0) is 23.8 Å². The van der Waals surface area contributed by atoms with Crippen molar-refractivity contribution >= 4 is 16.4 Å². The molecule has 3 aliphatic rings. The quantitative estimate of drug-likeness (QED) is 0.436. The van der Waals surface area contributed by atoms with Crippen molar-refractivity contribution in [2.75, 3.05) is 0 Å². The van der Waals surface area contributed by atoms with Crippen molar-refractivity contribution in [2.24, 2.45) is 5.92 Å². The molecule has 0 radical (unpaired) electrons. The largest absolute Gasteiger partial charge is 0.370 e. The Morgan fingerprint density at radius 3 is 2.79 bits per heavy atom. The third kappa shape index (κ3) is 0.676. The number of fused-ring (bicyclic) bond motifs is 1. The van der Waals surface area contributed by atoms with Crippen molar-refractivity contribution in [3.05, 3.63) is 0 Å². The molecule has 3 saturated heterocycles. The van der Waals surface area contributed by atoms with Crippen LogP contribution in [0.3, 0.4) is 0 Å². The molecule has 0 aromatic carbocycles. The lowest BCUT2D eigenvalue weighted by Gasteiger charge is -2.22. The Labute approximate surface area is 81.5 Å². The Morgan fingerprint density at radius 2 is 2.21 bits per heavy atom. The molecule has 0 N–H and O–H groups in total. The van der Waals surface area contributed by atoms with E-state index in [1.165, 1.54) is 0 Å². The van der Waals surface area contributed by atoms with Gasteiger partial charge >= 0.3 is 0 Å². The summed E-state index contributed by atoms with van der Waals surface area (Å²) in [4.78, 5) is 11.0. The second-order valence-corrected chi connectivity index (χ2v) is 6.11. The van der Waals surface area contributed by atoms with Crippen LogP contribution in [0.15, 0.2) is 0 Å². The van der Waals surface area contributed by atoms with E-state index in [4.69, 9.17) is 8.92 Å². The fourth-order valence-electron chi connectivity index (χ4n) is 2.73. The van der Waals surface area contributed by atoms with Crippen molar-refractivity contribution in [2.45, 2.75) is 36.4 Å². The maximum absolute atomic E-state index is 11.6. The molecule has 5 nitrogen and oxygen atoms in total. The normalized spacial score (nSPS) is 57.8. The molecule has 0 saturated carbocycles. The minimum atomic E-state index is -3.77.